The van der Waals surface area contributed by atoms with Crippen LogP contribution in [0.1, 0.15) is 30.6 Å². The fourth-order valence-corrected chi connectivity index (χ4v) is 2.44. The van der Waals surface area contributed by atoms with Gasteiger partial charge in [-0.25, -0.2) is 0 Å². The van der Waals surface area contributed by atoms with E-state index in [4.69, 9.17) is 0 Å². The second-order valence-electron chi connectivity index (χ2n) is 4.17. The first-order valence-electron chi connectivity index (χ1n) is 6.44. The summed E-state index contributed by atoms with van der Waals surface area (Å²) in [5.41, 5.74) is 0.761. The van der Waals surface area contributed by atoms with E-state index in [1.807, 2.05) is 24.3 Å². The maximum atomic E-state index is 12.0. The largest absolute Gasteiger partial charge is 0.351 e. The monoisotopic (exact) mass is 360 g/mol. The molecule has 0 aliphatic rings. The van der Waals surface area contributed by atoms with E-state index in [2.05, 4.69) is 46.7 Å². The average molecular weight is 360 g/mol. The van der Waals surface area contributed by atoms with Gasteiger partial charge in [0.25, 0.3) is 5.91 Å². The molecule has 0 heterocycles. The summed E-state index contributed by atoms with van der Waals surface area (Å²) in [6.07, 6.45) is 1.15. The molecule has 1 aromatic rings. The van der Waals surface area contributed by atoms with Crippen LogP contribution in [0.2, 0.25) is 0 Å². The van der Waals surface area contributed by atoms with Gasteiger partial charge in [-0.2, -0.15) is 0 Å². The van der Waals surface area contributed by atoms with Crippen molar-refractivity contribution < 1.29 is 4.79 Å². The number of halogens is 1. The molecule has 18 heavy (non-hydrogen) atoms. The third kappa shape index (κ3) is 4.94. The standard InChI is InChI=1S/C14H21IN2O/c1-3-10-17(4-2)11-9-16-14(18)12-7-5-6-8-13(12)15/h5-8H,3-4,9-11H2,1-2H3,(H,16,18). The summed E-state index contributed by atoms with van der Waals surface area (Å²) in [5.74, 6) is 0.0209. The summed E-state index contributed by atoms with van der Waals surface area (Å²) in [6.45, 7) is 8.07. The highest BCUT2D eigenvalue weighted by Crippen LogP contribution is 2.10. The summed E-state index contributed by atoms with van der Waals surface area (Å²) in [7, 11) is 0. The van der Waals surface area contributed by atoms with E-state index in [-0.39, 0.29) is 5.91 Å². The number of carbonyl (C=O) groups is 1. The first kappa shape index (κ1) is 15.4. The molecule has 3 nitrogen and oxygen atoms in total. The van der Waals surface area contributed by atoms with Gasteiger partial charge in [-0.15, -0.1) is 0 Å². The van der Waals surface area contributed by atoms with E-state index in [1.165, 1.54) is 0 Å². The SMILES string of the molecule is CCCN(CC)CCNC(=O)c1ccccc1I. The van der Waals surface area contributed by atoms with Gasteiger partial charge in [-0.1, -0.05) is 26.0 Å². The van der Waals surface area contributed by atoms with Crippen molar-refractivity contribution in [3.05, 3.63) is 33.4 Å². The predicted molar refractivity (Wildman–Crippen MR) is 83.9 cm³/mol. The number of amides is 1. The zero-order valence-electron chi connectivity index (χ0n) is 11.1. The molecule has 0 saturated carbocycles. The summed E-state index contributed by atoms with van der Waals surface area (Å²) >= 11 is 2.19. The second-order valence-corrected chi connectivity index (χ2v) is 5.33. The van der Waals surface area contributed by atoms with Crippen molar-refractivity contribution in [1.82, 2.24) is 10.2 Å². The lowest BCUT2D eigenvalue weighted by Crippen LogP contribution is -2.35. The molecule has 1 rings (SSSR count). The van der Waals surface area contributed by atoms with E-state index >= 15 is 0 Å². The van der Waals surface area contributed by atoms with Crippen LogP contribution in [0.25, 0.3) is 0 Å². The van der Waals surface area contributed by atoms with Gasteiger partial charge in [0, 0.05) is 16.7 Å². The van der Waals surface area contributed by atoms with Crippen LogP contribution in [0.4, 0.5) is 0 Å². The Labute approximate surface area is 123 Å². The van der Waals surface area contributed by atoms with Gasteiger partial charge in [0.15, 0.2) is 0 Å². The number of hydrogen-bond acceptors (Lipinski definition) is 2. The second kappa shape index (κ2) is 8.48. The summed E-state index contributed by atoms with van der Waals surface area (Å²) in [4.78, 5) is 14.3. The van der Waals surface area contributed by atoms with Gasteiger partial charge in [0.1, 0.15) is 0 Å². The number of hydrogen-bond donors (Lipinski definition) is 1. The Balaban J connectivity index is 2.40. The Kier molecular flexibility index (Phi) is 7.27. The van der Waals surface area contributed by atoms with E-state index in [9.17, 15) is 4.79 Å². The molecule has 0 aromatic heterocycles. The molecule has 4 heteroatoms. The quantitative estimate of drug-likeness (QED) is 0.759. The first-order valence-corrected chi connectivity index (χ1v) is 7.52. The third-order valence-corrected chi connectivity index (χ3v) is 3.76. The molecular weight excluding hydrogens is 339 g/mol. The topological polar surface area (TPSA) is 32.3 Å². The molecule has 0 fully saturated rings. The van der Waals surface area contributed by atoms with Gasteiger partial charge >= 0.3 is 0 Å². The van der Waals surface area contributed by atoms with Crippen molar-refractivity contribution in [2.24, 2.45) is 0 Å². The normalized spacial score (nSPS) is 10.7. The zero-order valence-corrected chi connectivity index (χ0v) is 13.2. The molecule has 0 saturated heterocycles. The molecule has 100 valence electrons. The van der Waals surface area contributed by atoms with Crippen LogP contribution >= 0.6 is 22.6 Å². The number of benzene rings is 1. The molecule has 0 radical (unpaired) electrons. The van der Waals surface area contributed by atoms with Crippen molar-refractivity contribution >= 4 is 28.5 Å². The van der Waals surface area contributed by atoms with Gasteiger partial charge in [0.05, 0.1) is 5.56 Å². The minimum atomic E-state index is 0.0209. The Morgan fingerprint density at radius 2 is 2.00 bits per heavy atom. The van der Waals surface area contributed by atoms with Crippen LogP contribution in [0, 0.1) is 3.57 Å². The average Bonchev–Trinajstić information content (AvgIpc) is 2.38. The molecule has 0 aliphatic heterocycles. The van der Waals surface area contributed by atoms with E-state index in [0.717, 1.165) is 35.2 Å². The number of rotatable bonds is 7. The Hall–Kier alpha value is -0.620. The van der Waals surface area contributed by atoms with Gasteiger partial charge in [-0.05, 0) is 54.2 Å². The van der Waals surface area contributed by atoms with Crippen LogP contribution < -0.4 is 5.32 Å². The highest BCUT2D eigenvalue weighted by molar-refractivity contribution is 14.1. The van der Waals surface area contributed by atoms with Crippen molar-refractivity contribution in [1.29, 1.82) is 0 Å². The molecule has 0 unspecified atom stereocenters. The highest BCUT2D eigenvalue weighted by Gasteiger charge is 2.08. The van der Waals surface area contributed by atoms with Crippen LogP contribution in [-0.4, -0.2) is 37.0 Å². The molecule has 0 atom stereocenters. The minimum absolute atomic E-state index is 0.0209. The zero-order chi connectivity index (χ0) is 13.4. The Morgan fingerprint density at radius 1 is 1.28 bits per heavy atom. The van der Waals surface area contributed by atoms with Crippen LogP contribution in [0.15, 0.2) is 24.3 Å². The fourth-order valence-electron chi connectivity index (χ4n) is 1.81. The van der Waals surface area contributed by atoms with Crippen molar-refractivity contribution in [3.8, 4) is 0 Å². The lowest BCUT2D eigenvalue weighted by Gasteiger charge is -2.19. The Bertz CT molecular complexity index is 382. The van der Waals surface area contributed by atoms with Crippen LogP contribution in [-0.2, 0) is 0 Å². The molecular formula is C14H21IN2O. The van der Waals surface area contributed by atoms with E-state index < -0.39 is 0 Å². The Morgan fingerprint density at radius 3 is 2.61 bits per heavy atom. The molecule has 0 aliphatic carbocycles. The number of carbonyl (C=O) groups excluding carboxylic acids is 1. The maximum absolute atomic E-state index is 12.0. The lowest BCUT2D eigenvalue weighted by atomic mass is 10.2. The third-order valence-electron chi connectivity index (χ3n) is 2.82. The van der Waals surface area contributed by atoms with Crippen molar-refractivity contribution in [2.75, 3.05) is 26.2 Å². The molecule has 1 N–H and O–H groups in total. The lowest BCUT2D eigenvalue weighted by molar-refractivity contribution is 0.0947. The first-order chi connectivity index (χ1) is 8.69. The fraction of sp³-hybridized carbons (Fsp3) is 0.500. The highest BCUT2D eigenvalue weighted by atomic mass is 127. The van der Waals surface area contributed by atoms with Crippen molar-refractivity contribution in [3.63, 3.8) is 0 Å². The molecule has 0 bridgehead atoms. The summed E-state index contributed by atoms with van der Waals surface area (Å²) in [6, 6.07) is 7.65. The summed E-state index contributed by atoms with van der Waals surface area (Å²) in [5, 5.41) is 2.98. The van der Waals surface area contributed by atoms with Gasteiger partial charge in [0.2, 0.25) is 0 Å². The minimum Gasteiger partial charge on any atom is -0.351 e. The summed E-state index contributed by atoms with van der Waals surface area (Å²) < 4.78 is 0.994. The number of nitrogens with one attached hydrogen (secondary N) is 1. The predicted octanol–water partition coefficient (Wildman–Crippen LogP) is 2.75. The van der Waals surface area contributed by atoms with Gasteiger partial charge < -0.3 is 10.2 Å². The van der Waals surface area contributed by atoms with Crippen LogP contribution in [0.5, 0.6) is 0 Å². The number of nitrogens with zero attached hydrogens (tertiary/aromatic N) is 1. The van der Waals surface area contributed by atoms with Gasteiger partial charge in [-0.3, -0.25) is 4.79 Å². The van der Waals surface area contributed by atoms with Crippen LogP contribution in [0.3, 0.4) is 0 Å². The maximum Gasteiger partial charge on any atom is 0.252 e. The van der Waals surface area contributed by atoms with Crippen molar-refractivity contribution in [2.45, 2.75) is 20.3 Å². The van der Waals surface area contributed by atoms with E-state index in [1.54, 1.807) is 0 Å². The molecule has 1 amide bonds. The van der Waals surface area contributed by atoms with E-state index in [0.29, 0.717) is 6.54 Å². The smallest absolute Gasteiger partial charge is 0.252 e. The molecule has 1 aromatic carbocycles. The molecule has 0 spiro atoms. The number of likely N-dealkylation sites (N-methyl/N-ethyl adjacent to an activating group) is 1.